The molecule has 0 spiro atoms. The lowest BCUT2D eigenvalue weighted by molar-refractivity contribution is -0.0583. The molecule has 0 aromatic heterocycles. The summed E-state index contributed by atoms with van der Waals surface area (Å²) in [5, 5.41) is 17.5. The normalized spacial score (nSPS) is 24.5. The zero-order chi connectivity index (χ0) is 17.2. The maximum atomic E-state index is 12.0. The van der Waals surface area contributed by atoms with E-state index in [9.17, 15) is 14.8 Å². The predicted molar refractivity (Wildman–Crippen MR) is 80.0 cm³/mol. The molecule has 0 aliphatic carbocycles. The summed E-state index contributed by atoms with van der Waals surface area (Å²) in [5.74, 6) is 0.00737. The van der Waals surface area contributed by atoms with Crippen LogP contribution in [0.1, 0.15) is 33.6 Å². The zero-order valence-corrected chi connectivity index (χ0v) is 13.4. The molecule has 2 heterocycles. The Morgan fingerprint density at radius 1 is 1.43 bits per heavy atom. The first-order chi connectivity index (χ1) is 10.7. The number of hydrogen-bond donors (Lipinski definition) is 2. The van der Waals surface area contributed by atoms with Crippen LogP contribution in [-0.4, -0.2) is 64.1 Å². The average molecular weight is 327 g/mol. The molecule has 2 fully saturated rings. The summed E-state index contributed by atoms with van der Waals surface area (Å²) in [6.45, 7) is 8.75. The molecule has 10 heteroatoms. The van der Waals surface area contributed by atoms with Crippen LogP contribution in [0.4, 0.5) is 9.59 Å². The monoisotopic (exact) mass is 327 g/mol. The molecule has 10 nitrogen and oxygen atoms in total. The molecule has 0 aromatic carbocycles. The summed E-state index contributed by atoms with van der Waals surface area (Å²) in [5.41, 5.74) is 1.43. The lowest BCUT2D eigenvalue weighted by Crippen LogP contribution is -2.48. The number of carbonyl (C=O) groups is 2. The third-order valence-corrected chi connectivity index (χ3v) is 3.44. The zero-order valence-electron chi connectivity index (χ0n) is 13.4. The maximum Gasteiger partial charge on any atom is 0.441 e. The van der Waals surface area contributed by atoms with E-state index in [0.29, 0.717) is 24.4 Å². The molecule has 0 unspecified atom stereocenters. The molecule has 0 radical (unpaired) electrons. The second-order valence-electron chi connectivity index (χ2n) is 6.31. The molecule has 3 amide bonds. The number of urea groups is 1. The van der Waals surface area contributed by atoms with E-state index in [1.165, 1.54) is 4.90 Å². The summed E-state index contributed by atoms with van der Waals surface area (Å²) in [6.07, 6.45) is 0.298. The van der Waals surface area contributed by atoms with Crippen molar-refractivity contribution in [1.29, 1.82) is 0 Å². The molecule has 2 aliphatic rings. The van der Waals surface area contributed by atoms with Gasteiger partial charge in [-0.25, -0.2) is 14.7 Å². The van der Waals surface area contributed by atoms with Crippen molar-refractivity contribution in [2.45, 2.75) is 51.3 Å². The van der Waals surface area contributed by atoms with Crippen molar-refractivity contribution in [3.05, 3.63) is 0 Å². The smallest absolute Gasteiger partial charge is 0.441 e. The molecular weight excluding hydrogens is 306 g/mol. The van der Waals surface area contributed by atoms with E-state index in [4.69, 9.17) is 9.57 Å². The Morgan fingerprint density at radius 2 is 2.13 bits per heavy atom. The van der Waals surface area contributed by atoms with Crippen LogP contribution >= 0.6 is 0 Å². The van der Waals surface area contributed by atoms with Crippen molar-refractivity contribution in [3.63, 3.8) is 0 Å². The van der Waals surface area contributed by atoms with Gasteiger partial charge in [-0.3, -0.25) is 5.21 Å². The number of fused-ring (bicyclic) bond motifs is 2. The summed E-state index contributed by atoms with van der Waals surface area (Å²) in [6, 6.07) is -1.32. The predicted octanol–water partition coefficient (Wildman–Crippen LogP) is 1.11. The molecule has 23 heavy (non-hydrogen) atoms. The molecule has 0 saturated carbocycles. The van der Waals surface area contributed by atoms with Crippen LogP contribution in [0.5, 0.6) is 0 Å². The Morgan fingerprint density at radius 3 is 2.74 bits per heavy atom. The molecule has 2 saturated heterocycles. The number of carbonyl (C=O) groups excluding carboxylic acids is 2. The Hall–Kier alpha value is -2.36. The van der Waals surface area contributed by atoms with Gasteiger partial charge in [0.2, 0.25) is 0 Å². The van der Waals surface area contributed by atoms with Gasteiger partial charge in [0.05, 0.1) is 6.04 Å². The summed E-state index contributed by atoms with van der Waals surface area (Å²) < 4.78 is 5.05. The highest BCUT2D eigenvalue weighted by molar-refractivity contribution is 5.89. The number of nitrogens with zero attached hydrogens (tertiary/aromatic N) is 4. The molecule has 2 rings (SSSR count). The van der Waals surface area contributed by atoms with Crippen LogP contribution in [0.15, 0.2) is 10.2 Å². The van der Waals surface area contributed by atoms with Crippen molar-refractivity contribution >= 4 is 24.7 Å². The number of hydroxylamine groups is 3. The van der Waals surface area contributed by atoms with E-state index in [-0.39, 0.29) is 11.9 Å². The Bertz CT molecular complexity index is 529. The van der Waals surface area contributed by atoms with E-state index in [1.807, 2.05) is 0 Å². The van der Waals surface area contributed by atoms with E-state index in [0.717, 1.165) is 0 Å². The van der Waals surface area contributed by atoms with Crippen LogP contribution in [0.3, 0.4) is 0 Å². The average Bonchev–Trinajstić information content (AvgIpc) is 2.67. The van der Waals surface area contributed by atoms with Crippen LogP contribution < -0.4 is 5.48 Å². The fourth-order valence-electron chi connectivity index (χ4n) is 2.52. The SMILES string of the molecule is C=N/N=C(\ONC(=O)OC(C)(C)C)[C@@H]1CC[C@@H]2CN1C(=O)N2O. The first kappa shape index (κ1) is 17.0. The summed E-state index contributed by atoms with van der Waals surface area (Å²) in [7, 11) is 0. The standard InChI is InChI=1S/C13H21N5O5/c1-13(2,3)22-11(19)16-23-10(15-14-4)9-6-5-8-7-17(9)12(20)18(8)21/h8-9,21H,4-7H2,1-3H3,(H,16,19)/b15-10-/t8-,9+/m1/s1. The van der Waals surface area contributed by atoms with Gasteiger partial charge in [0.1, 0.15) is 11.6 Å². The van der Waals surface area contributed by atoms with Crippen LogP contribution in [0.2, 0.25) is 0 Å². The van der Waals surface area contributed by atoms with Gasteiger partial charge in [0, 0.05) is 13.3 Å². The number of amides is 3. The molecule has 2 aliphatic heterocycles. The lowest BCUT2D eigenvalue weighted by Gasteiger charge is -2.30. The fraction of sp³-hybridized carbons (Fsp3) is 0.692. The van der Waals surface area contributed by atoms with Gasteiger partial charge in [-0.1, -0.05) is 0 Å². The van der Waals surface area contributed by atoms with Crippen LogP contribution in [0, 0.1) is 0 Å². The first-order valence-electron chi connectivity index (χ1n) is 7.21. The highest BCUT2D eigenvalue weighted by atomic mass is 16.7. The largest absolute Gasteiger partial charge is 0.442 e. The van der Waals surface area contributed by atoms with Crippen molar-refractivity contribution in [2.24, 2.45) is 10.2 Å². The molecule has 2 bridgehead atoms. The van der Waals surface area contributed by atoms with E-state index >= 15 is 0 Å². The summed E-state index contributed by atoms with van der Waals surface area (Å²) >= 11 is 0. The number of nitrogens with one attached hydrogen (secondary N) is 1. The number of ether oxygens (including phenoxy) is 1. The van der Waals surface area contributed by atoms with Crippen LogP contribution in [0.25, 0.3) is 0 Å². The van der Waals surface area contributed by atoms with Crippen molar-refractivity contribution in [1.82, 2.24) is 15.4 Å². The van der Waals surface area contributed by atoms with E-state index in [2.05, 4.69) is 22.4 Å². The minimum atomic E-state index is -0.792. The number of rotatable bonds is 2. The van der Waals surface area contributed by atoms with Gasteiger partial charge < -0.3 is 14.5 Å². The Kier molecular flexibility index (Phi) is 4.73. The number of piperidine rings is 1. The third kappa shape index (κ3) is 3.89. The minimum Gasteiger partial charge on any atom is -0.442 e. The highest BCUT2D eigenvalue weighted by Crippen LogP contribution is 2.29. The molecule has 128 valence electrons. The topological polar surface area (TPSA) is 116 Å². The quantitative estimate of drug-likeness (QED) is 0.341. The van der Waals surface area contributed by atoms with Crippen molar-refractivity contribution < 1.29 is 24.4 Å². The molecule has 2 N–H and O–H groups in total. The van der Waals surface area contributed by atoms with Gasteiger partial charge in [0.25, 0.3) is 5.90 Å². The first-order valence-corrected chi connectivity index (χ1v) is 7.21. The van der Waals surface area contributed by atoms with E-state index in [1.54, 1.807) is 20.8 Å². The molecular formula is C13H21N5O5. The maximum absolute atomic E-state index is 12.0. The van der Waals surface area contributed by atoms with Crippen molar-refractivity contribution in [2.75, 3.05) is 6.54 Å². The van der Waals surface area contributed by atoms with Gasteiger partial charge in [0.15, 0.2) is 0 Å². The Labute approximate surface area is 133 Å². The second kappa shape index (κ2) is 6.41. The second-order valence-corrected chi connectivity index (χ2v) is 6.31. The molecule has 0 aromatic rings. The molecule has 2 atom stereocenters. The van der Waals surface area contributed by atoms with Gasteiger partial charge >= 0.3 is 12.1 Å². The van der Waals surface area contributed by atoms with E-state index < -0.39 is 23.8 Å². The van der Waals surface area contributed by atoms with Crippen molar-refractivity contribution in [3.8, 4) is 0 Å². The number of hydrogen-bond acceptors (Lipinski definition) is 7. The lowest BCUT2D eigenvalue weighted by atomic mass is 10.0. The fourth-order valence-corrected chi connectivity index (χ4v) is 2.52. The minimum absolute atomic E-state index is 0.00737. The van der Waals surface area contributed by atoms with Gasteiger partial charge in [-0.2, -0.15) is 10.6 Å². The van der Waals surface area contributed by atoms with Crippen LogP contribution in [-0.2, 0) is 9.57 Å². The van der Waals surface area contributed by atoms with Gasteiger partial charge in [-0.05, 0) is 33.6 Å². The van der Waals surface area contributed by atoms with Gasteiger partial charge in [-0.15, -0.1) is 5.10 Å². The third-order valence-electron chi connectivity index (χ3n) is 3.44. The highest BCUT2D eigenvalue weighted by Gasteiger charge is 2.47. The summed E-state index contributed by atoms with van der Waals surface area (Å²) in [4.78, 5) is 30.2. The Balaban J connectivity index is 2.02.